The van der Waals surface area contributed by atoms with Crippen LogP contribution in [0.5, 0.6) is 17.2 Å². The predicted octanol–water partition coefficient (Wildman–Crippen LogP) is 3.46. The minimum absolute atomic E-state index is 0.0553. The van der Waals surface area contributed by atoms with Crippen LogP contribution < -0.4 is 9.47 Å². The number of Topliss-reactive ketones (excluding diaryl/α,β-unsaturated/α-hetero) is 1. The van der Waals surface area contributed by atoms with Crippen molar-refractivity contribution in [3.63, 3.8) is 0 Å². The number of ether oxygens (including phenoxy) is 3. The Balaban J connectivity index is 1.78. The molecule has 1 unspecified atom stereocenters. The lowest BCUT2D eigenvalue weighted by atomic mass is 10.1. The van der Waals surface area contributed by atoms with E-state index in [1.165, 1.54) is 6.92 Å². The fourth-order valence-corrected chi connectivity index (χ4v) is 1.95. The van der Waals surface area contributed by atoms with E-state index in [0.29, 0.717) is 23.7 Å². The van der Waals surface area contributed by atoms with Crippen molar-refractivity contribution in [1.29, 1.82) is 0 Å². The van der Waals surface area contributed by atoms with Gasteiger partial charge in [0.2, 0.25) is 0 Å². The van der Waals surface area contributed by atoms with Crippen molar-refractivity contribution in [1.82, 2.24) is 0 Å². The van der Waals surface area contributed by atoms with Gasteiger partial charge in [0.25, 0.3) is 0 Å². The Morgan fingerprint density at radius 2 is 1.95 bits per heavy atom. The molecule has 4 nitrogen and oxygen atoms in total. The smallest absolute Gasteiger partial charge is 0.163 e. The Kier molecular flexibility index (Phi) is 3.88. The van der Waals surface area contributed by atoms with Gasteiger partial charge in [-0.05, 0) is 37.3 Å². The molecule has 1 fully saturated rings. The molecule has 21 heavy (non-hydrogen) atoms. The van der Waals surface area contributed by atoms with Crippen molar-refractivity contribution in [3.05, 3.63) is 54.1 Å². The van der Waals surface area contributed by atoms with Crippen LogP contribution in [0.3, 0.4) is 0 Å². The molecule has 2 aromatic rings. The standard InChI is InChI=1S/C17H16O4/c1-12(18)16-9-14(21-13-5-3-2-4-6-13)7-8-17(16)20-11-15-10-19-15/h2-9,15H,10-11H2,1H3. The highest BCUT2D eigenvalue weighted by atomic mass is 16.6. The monoisotopic (exact) mass is 284 g/mol. The molecule has 108 valence electrons. The van der Waals surface area contributed by atoms with Crippen molar-refractivity contribution < 1.29 is 19.0 Å². The minimum atomic E-state index is -0.0553. The summed E-state index contributed by atoms with van der Waals surface area (Å²) >= 11 is 0. The summed E-state index contributed by atoms with van der Waals surface area (Å²) < 4.78 is 16.5. The van der Waals surface area contributed by atoms with E-state index >= 15 is 0 Å². The summed E-state index contributed by atoms with van der Waals surface area (Å²) in [5.41, 5.74) is 0.518. The highest BCUT2D eigenvalue weighted by molar-refractivity contribution is 5.97. The van der Waals surface area contributed by atoms with Crippen LogP contribution in [0.2, 0.25) is 0 Å². The maximum atomic E-state index is 11.8. The predicted molar refractivity (Wildman–Crippen MR) is 78.2 cm³/mol. The van der Waals surface area contributed by atoms with Crippen LogP contribution in [-0.4, -0.2) is 25.1 Å². The third-order valence-corrected chi connectivity index (χ3v) is 3.14. The first-order valence-electron chi connectivity index (χ1n) is 6.84. The van der Waals surface area contributed by atoms with E-state index in [4.69, 9.17) is 14.2 Å². The van der Waals surface area contributed by atoms with Crippen LogP contribution >= 0.6 is 0 Å². The van der Waals surface area contributed by atoms with Gasteiger partial charge in [-0.2, -0.15) is 0 Å². The Hall–Kier alpha value is -2.33. The number of epoxide rings is 1. The van der Waals surface area contributed by atoms with Crippen LogP contribution in [0.4, 0.5) is 0 Å². The molecule has 0 amide bonds. The minimum Gasteiger partial charge on any atom is -0.490 e. The largest absolute Gasteiger partial charge is 0.490 e. The van der Waals surface area contributed by atoms with Gasteiger partial charge in [0.05, 0.1) is 12.2 Å². The number of carbonyl (C=O) groups excluding carboxylic acids is 1. The average molecular weight is 284 g/mol. The Morgan fingerprint density at radius 1 is 1.19 bits per heavy atom. The first-order chi connectivity index (χ1) is 10.2. The third kappa shape index (κ3) is 3.61. The molecule has 1 aliphatic rings. The number of hydrogen-bond acceptors (Lipinski definition) is 4. The lowest BCUT2D eigenvalue weighted by molar-refractivity contribution is 0.101. The van der Waals surface area contributed by atoms with E-state index in [9.17, 15) is 4.79 Å². The number of benzene rings is 2. The number of hydrogen-bond donors (Lipinski definition) is 0. The van der Waals surface area contributed by atoms with Gasteiger partial charge in [0.15, 0.2) is 5.78 Å². The van der Waals surface area contributed by atoms with E-state index in [2.05, 4.69) is 0 Å². The molecule has 1 saturated heterocycles. The van der Waals surface area contributed by atoms with Crippen LogP contribution in [0.1, 0.15) is 17.3 Å². The molecule has 0 saturated carbocycles. The molecule has 0 aliphatic carbocycles. The van der Waals surface area contributed by atoms with E-state index < -0.39 is 0 Å². The van der Waals surface area contributed by atoms with Gasteiger partial charge >= 0.3 is 0 Å². The first-order valence-corrected chi connectivity index (χ1v) is 6.84. The zero-order valence-electron chi connectivity index (χ0n) is 11.7. The third-order valence-electron chi connectivity index (χ3n) is 3.14. The Bertz CT molecular complexity index is 632. The van der Waals surface area contributed by atoms with Gasteiger partial charge in [0, 0.05) is 0 Å². The lowest BCUT2D eigenvalue weighted by Crippen LogP contribution is -2.07. The first kappa shape index (κ1) is 13.6. The zero-order valence-corrected chi connectivity index (χ0v) is 11.7. The fraction of sp³-hybridized carbons (Fsp3) is 0.235. The van der Waals surface area contributed by atoms with E-state index in [1.54, 1.807) is 18.2 Å². The lowest BCUT2D eigenvalue weighted by Gasteiger charge is -2.11. The maximum Gasteiger partial charge on any atom is 0.163 e. The zero-order chi connectivity index (χ0) is 14.7. The van der Waals surface area contributed by atoms with Crippen LogP contribution in [-0.2, 0) is 4.74 Å². The highest BCUT2D eigenvalue weighted by Crippen LogP contribution is 2.28. The quantitative estimate of drug-likeness (QED) is 0.602. The van der Waals surface area contributed by atoms with E-state index in [-0.39, 0.29) is 11.9 Å². The Morgan fingerprint density at radius 3 is 2.62 bits per heavy atom. The number of ketones is 1. The molecule has 0 N–H and O–H groups in total. The molecule has 0 radical (unpaired) electrons. The summed E-state index contributed by atoms with van der Waals surface area (Å²) in [4.78, 5) is 11.8. The molecular formula is C17H16O4. The van der Waals surface area contributed by atoms with Gasteiger partial charge in [0.1, 0.15) is 30.0 Å². The normalized spacial score (nSPS) is 16.3. The van der Waals surface area contributed by atoms with Gasteiger partial charge in [-0.1, -0.05) is 18.2 Å². The Labute approximate surface area is 123 Å². The van der Waals surface area contributed by atoms with Crippen molar-refractivity contribution in [3.8, 4) is 17.2 Å². The second-order valence-electron chi connectivity index (χ2n) is 4.90. The van der Waals surface area contributed by atoms with Gasteiger partial charge in [-0.25, -0.2) is 0 Å². The van der Waals surface area contributed by atoms with E-state index in [1.807, 2.05) is 30.3 Å². The summed E-state index contributed by atoms with van der Waals surface area (Å²) in [6.07, 6.45) is 0.157. The van der Waals surface area contributed by atoms with Crippen molar-refractivity contribution in [2.45, 2.75) is 13.0 Å². The van der Waals surface area contributed by atoms with Crippen LogP contribution in [0.15, 0.2) is 48.5 Å². The summed E-state index contributed by atoms with van der Waals surface area (Å²) in [5.74, 6) is 1.85. The highest BCUT2D eigenvalue weighted by Gasteiger charge is 2.24. The summed E-state index contributed by atoms with van der Waals surface area (Å²) in [5, 5.41) is 0. The molecule has 0 spiro atoms. The topological polar surface area (TPSA) is 48.1 Å². The van der Waals surface area contributed by atoms with Crippen molar-refractivity contribution in [2.24, 2.45) is 0 Å². The van der Waals surface area contributed by atoms with Crippen molar-refractivity contribution >= 4 is 5.78 Å². The van der Waals surface area contributed by atoms with Crippen molar-refractivity contribution in [2.75, 3.05) is 13.2 Å². The number of para-hydroxylation sites is 1. The fourth-order valence-electron chi connectivity index (χ4n) is 1.95. The summed E-state index contributed by atoms with van der Waals surface area (Å²) in [6.45, 7) is 2.71. The van der Waals surface area contributed by atoms with Crippen LogP contribution in [0.25, 0.3) is 0 Å². The number of rotatable bonds is 6. The molecular weight excluding hydrogens is 268 g/mol. The van der Waals surface area contributed by atoms with E-state index in [0.717, 1.165) is 12.4 Å². The second kappa shape index (κ2) is 5.97. The average Bonchev–Trinajstić information content (AvgIpc) is 3.31. The molecule has 3 rings (SSSR count). The summed E-state index contributed by atoms with van der Waals surface area (Å²) in [6, 6.07) is 14.7. The molecule has 4 heteroatoms. The molecule has 1 atom stereocenters. The molecule has 0 bridgehead atoms. The number of carbonyl (C=O) groups is 1. The van der Waals surface area contributed by atoms with Gasteiger partial charge < -0.3 is 14.2 Å². The molecule has 0 aromatic heterocycles. The summed E-state index contributed by atoms with van der Waals surface area (Å²) in [7, 11) is 0. The van der Waals surface area contributed by atoms with Gasteiger partial charge in [-0.15, -0.1) is 0 Å². The maximum absolute atomic E-state index is 11.8. The molecule has 1 heterocycles. The molecule has 1 aliphatic heterocycles. The molecule has 2 aromatic carbocycles. The second-order valence-corrected chi connectivity index (χ2v) is 4.90. The SMILES string of the molecule is CC(=O)c1cc(Oc2ccccc2)ccc1OCC1CO1. The van der Waals surface area contributed by atoms with Gasteiger partial charge in [-0.3, -0.25) is 4.79 Å². The van der Waals surface area contributed by atoms with Crippen LogP contribution in [0, 0.1) is 0 Å².